The molecule has 0 aliphatic rings. The van der Waals surface area contributed by atoms with Gasteiger partial charge in [-0.25, -0.2) is 4.79 Å². The second-order valence-electron chi connectivity index (χ2n) is 5.94. The van der Waals surface area contributed by atoms with Crippen LogP contribution in [0.1, 0.15) is 5.56 Å². The maximum absolute atomic E-state index is 12.4. The summed E-state index contributed by atoms with van der Waals surface area (Å²) in [5, 5.41) is 16.0. The van der Waals surface area contributed by atoms with E-state index in [2.05, 4.69) is 10.6 Å². The highest BCUT2D eigenvalue weighted by Gasteiger charge is 2.08. The van der Waals surface area contributed by atoms with Crippen molar-refractivity contribution in [1.29, 1.82) is 0 Å². The molecule has 0 radical (unpaired) electrons. The van der Waals surface area contributed by atoms with Crippen LogP contribution in [0.4, 0.5) is 16.2 Å². The molecule has 3 rings (SSSR count). The van der Waals surface area contributed by atoms with Gasteiger partial charge in [0.15, 0.2) is 0 Å². The Bertz CT molecular complexity index is 943. The topological polar surface area (TPSA) is 61.4 Å². The monoisotopic (exact) mass is 400 g/mol. The molecule has 3 aromatic rings. The van der Waals surface area contributed by atoms with E-state index in [4.69, 9.17) is 23.2 Å². The van der Waals surface area contributed by atoms with Gasteiger partial charge in [-0.3, -0.25) is 0 Å². The van der Waals surface area contributed by atoms with E-state index in [1.54, 1.807) is 18.2 Å². The van der Waals surface area contributed by atoms with Crippen molar-refractivity contribution in [3.05, 3.63) is 82.3 Å². The summed E-state index contributed by atoms with van der Waals surface area (Å²) in [6.07, 6.45) is 0.405. The highest BCUT2D eigenvalue weighted by atomic mass is 35.5. The predicted octanol–water partition coefficient (Wildman–Crippen LogP) is 5.84. The molecule has 0 fully saturated rings. The fourth-order valence-electron chi connectivity index (χ4n) is 2.72. The van der Waals surface area contributed by atoms with Crippen LogP contribution in [0.2, 0.25) is 10.0 Å². The largest absolute Gasteiger partial charge is 0.396 e. The molecule has 138 valence electrons. The van der Waals surface area contributed by atoms with Crippen LogP contribution in [0.5, 0.6) is 0 Å². The molecule has 0 aromatic heterocycles. The van der Waals surface area contributed by atoms with E-state index in [1.807, 2.05) is 48.5 Å². The molecule has 0 heterocycles. The number of halogens is 2. The molecule has 2 amide bonds. The van der Waals surface area contributed by atoms with Gasteiger partial charge in [-0.05, 0) is 65.6 Å². The third-order valence-electron chi connectivity index (χ3n) is 3.99. The van der Waals surface area contributed by atoms with Gasteiger partial charge < -0.3 is 15.7 Å². The Hall–Kier alpha value is -2.53. The summed E-state index contributed by atoms with van der Waals surface area (Å²) in [5.41, 5.74) is 4.02. The molecule has 3 N–H and O–H groups in total. The zero-order valence-corrected chi connectivity index (χ0v) is 15.9. The van der Waals surface area contributed by atoms with Crippen molar-refractivity contribution in [3.63, 3.8) is 0 Å². The molecule has 0 saturated carbocycles. The van der Waals surface area contributed by atoms with Gasteiger partial charge in [0, 0.05) is 28.0 Å². The second kappa shape index (κ2) is 8.91. The first-order valence-corrected chi connectivity index (χ1v) is 9.14. The van der Waals surface area contributed by atoms with E-state index < -0.39 is 0 Å². The number of hydrogen-bond donors (Lipinski definition) is 3. The Labute approximate surface area is 167 Å². The minimum atomic E-state index is -0.371. The Morgan fingerprint density at radius 2 is 1.59 bits per heavy atom. The summed E-state index contributed by atoms with van der Waals surface area (Å²) in [4.78, 5) is 12.4. The molecule has 0 saturated heterocycles. The van der Waals surface area contributed by atoms with Crippen LogP contribution < -0.4 is 10.6 Å². The lowest BCUT2D eigenvalue weighted by Gasteiger charge is -2.12. The minimum absolute atomic E-state index is 0.0280. The lowest BCUT2D eigenvalue weighted by Crippen LogP contribution is -2.20. The van der Waals surface area contributed by atoms with Gasteiger partial charge in [0.1, 0.15) is 0 Å². The Balaban J connectivity index is 1.73. The van der Waals surface area contributed by atoms with Crippen LogP contribution in [0.15, 0.2) is 66.7 Å². The van der Waals surface area contributed by atoms with Crippen molar-refractivity contribution in [2.24, 2.45) is 0 Å². The van der Waals surface area contributed by atoms with Gasteiger partial charge in [0.2, 0.25) is 0 Å². The van der Waals surface area contributed by atoms with Crippen LogP contribution in [-0.4, -0.2) is 17.7 Å². The number of nitrogens with one attached hydrogen (secondary N) is 2. The van der Waals surface area contributed by atoms with Crippen LogP contribution in [0, 0.1) is 0 Å². The minimum Gasteiger partial charge on any atom is -0.396 e. The molecule has 6 heteroatoms. The summed E-state index contributed by atoms with van der Waals surface area (Å²) in [6.45, 7) is -0.0280. The molecule has 0 bridgehead atoms. The fraction of sp³-hybridized carbons (Fsp3) is 0.0952. The van der Waals surface area contributed by atoms with E-state index >= 15 is 0 Å². The van der Waals surface area contributed by atoms with Crippen molar-refractivity contribution in [1.82, 2.24) is 0 Å². The smallest absolute Gasteiger partial charge is 0.323 e. The van der Waals surface area contributed by atoms with Crippen LogP contribution in [-0.2, 0) is 6.42 Å². The Morgan fingerprint density at radius 3 is 2.33 bits per heavy atom. The van der Waals surface area contributed by atoms with Crippen molar-refractivity contribution in [2.75, 3.05) is 17.2 Å². The van der Waals surface area contributed by atoms with E-state index in [1.165, 1.54) is 0 Å². The van der Waals surface area contributed by atoms with Crippen LogP contribution >= 0.6 is 23.2 Å². The summed E-state index contributed by atoms with van der Waals surface area (Å²) in [5.74, 6) is 0. The lowest BCUT2D eigenvalue weighted by molar-refractivity contribution is 0.262. The van der Waals surface area contributed by atoms with Crippen molar-refractivity contribution in [2.45, 2.75) is 6.42 Å². The summed E-state index contributed by atoms with van der Waals surface area (Å²) in [6, 6.07) is 19.8. The molecule has 0 spiro atoms. The molecule has 0 aliphatic carbocycles. The molecule has 0 atom stereocenters. The van der Waals surface area contributed by atoms with Crippen LogP contribution in [0.3, 0.4) is 0 Å². The lowest BCUT2D eigenvalue weighted by atomic mass is 10.1. The predicted molar refractivity (Wildman–Crippen MR) is 112 cm³/mol. The number of carbonyl (C=O) groups excluding carboxylic acids is 1. The third kappa shape index (κ3) is 5.23. The number of benzene rings is 3. The molecule has 4 nitrogen and oxygen atoms in total. The Kier molecular flexibility index (Phi) is 6.35. The summed E-state index contributed by atoms with van der Waals surface area (Å²) in [7, 11) is 0. The molecule has 27 heavy (non-hydrogen) atoms. The van der Waals surface area contributed by atoms with Gasteiger partial charge in [0.05, 0.1) is 0 Å². The van der Waals surface area contributed by atoms with Crippen molar-refractivity contribution < 1.29 is 9.90 Å². The quantitative estimate of drug-likeness (QED) is 0.503. The number of carbonyl (C=O) groups is 1. The maximum Gasteiger partial charge on any atom is 0.323 e. The highest BCUT2D eigenvalue weighted by molar-refractivity contribution is 6.31. The first-order chi connectivity index (χ1) is 13.0. The van der Waals surface area contributed by atoms with Gasteiger partial charge in [-0.1, -0.05) is 47.5 Å². The molecule has 0 aliphatic heterocycles. The molecular weight excluding hydrogens is 383 g/mol. The summed E-state index contributed by atoms with van der Waals surface area (Å²) < 4.78 is 0. The number of rotatable bonds is 5. The maximum atomic E-state index is 12.4. The normalized spacial score (nSPS) is 10.5. The fourth-order valence-corrected chi connectivity index (χ4v) is 3.04. The number of urea groups is 1. The highest BCUT2D eigenvalue weighted by Crippen LogP contribution is 2.25. The van der Waals surface area contributed by atoms with E-state index in [0.717, 1.165) is 16.7 Å². The number of aliphatic hydroxyl groups is 1. The van der Waals surface area contributed by atoms with Gasteiger partial charge >= 0.3 is 6.03 Å². The number of anilines is 2. The zero-order chi connectivity index (χ0) is 19.2. The standard InChI is InChI=1S/C21H18Cl2N2O2/c22-17-6-4-14(5-7-17)15-2-1-3-19(13-15)24-21(27)25-20-9-8-18(23)12-16(20)10-11-26/h1-9,12-13,26H,10-11H2,(H2,24,25,27). The SMILES string of the molecule is O=C(Nc1cccc(-c2ccc(Cl)cc2)c1)Nc1ccc(Cl)cc1CCO. The van der Waals surface area contributed by atoms with Crippen molar-refractivity contribution >= 4 is 40.6 Å². The van der Waals surface area contributed by atoms with Crippen LogP contribution in [0.25, 0.3) is 11.1 Å². The average molecular weight is 401 g/mol. The van der Waals surface area contributed by atoms with Gasteiger partial charge in [-0.15, -0.1) is 0 Å². The molecular formula is C21H18Cl2N2O2. The first-order valence-electron chi connectivity index (χ1n) is 8.38. The average Bonchev–Trinajstić information content (AvgIpc) is 2.65. The number of aliphatic hydroxyl groups excluding tert-OH is 1. The number of amides is 2. The number of hydrogen-bond acceptors (Lipinski definition) is 2. The second-order valence-corrected chi connectivity index (χ2v) is 6.81. The van der Waals surface area contributed by atoms with Gasteiger partial charge in [-0.2, -0.15) is 0 Å². The zero-order valence-electron chi connectivity index (χ0n) is 14.4. The summed E-state index contributed by atoms with van der Waals surface area (Å²) >= 11 is 11.9. The third-order valence-corrected chi connectivity index (χ3v) is 4.48. The molecule has 0 unspecified atom stereocenters. The van der Waals surface area contributed by atoms with E-state index in [0.29, 0.717) is 27.8 Å². The van der Waals surface area contributed by atoms with E-state index in [9.17, 15) is 9.90 Å². The van der Waals surface area contributed by atoms with E-state index in [-0.39, 0.29) is 12.6 Å². The Morgan fingerprint density at radius 1 is 0.852 bits per heavy atom. The first kappa shape index (κ1) is 19.2. The van der Waals surface area contributed by atoms with Gasteiger partial charge in [0.25, 0.3) is 0 Å². The molecule has 3 aromatic carbocycles. The van der Waals surface area contributed by atoms with Crippen molar-refractivity contribution in [3.8, 4) is 11.1 Å².